The van der Waals surface area contributed by atoms with Crippen molar-refractivity contribution in [3.05, 3.63) is 52.5 Å². The summed E-state index contributed by atoms with van der Waals surface area (Å²) in [6, 6.07) is 7.73. The van der Waals surface area contributed by atoms with Crippen LogP contribution < -0.4 is 5.32 Å². The highest BCUT2D eigenvalue weighted by molar-refractivity contribution is 9.10. The number of hydrogen-bond donors (Lipinski definition) is 1. The molecule has 0 radical (unpaired) electrons. The summed E-state index contributed by atoms with van der Waals surface area (Å²) in [5.41, 5.74) is 1.86. The standard InChI is InChI=1S/C16H21BrNO3P/c1-3-20-22(19,21-4-2)16(13-9-5-6-10-13)18-15-12-8-7-11-14(15)17/h5-9,11-12,16,18H,3-4,10H2,1-2H3. The molecule has 0 heterocycles. The smallest absolute Gasteiger partial charge is 0.356 e. The van der Waals surface area contributed by atoms with Crippen molar-refractivity contribution in [2.75, 3.05) is 18.5 Å². The summed E-state index contributed by atoms with van der Waals surface area (Å²) in [4.78, 5) is 0. The molecule has 120 valence electrons. The van der Waals surface area contributed by atoms with Crippen molar-refractivity contribution in [2.45, 2.75) is 26.1 Å². The van der Waals surface area contributed by atoms with Crippen LogP contribution in [0.3, 0.4) is 0 Å². The Balaban J connectivity index is 2.34. The van der Waals surface area contributed by atoms with E-state index in [1.165, 1.54) is 0 Å². The van der Waals surface area contributed by atoms with Crippen LogP contribution in [0.1, 0.15) is 20.3 Å². The number of para-hydroxylation sites is 1. The van der Waals surface area contributed by atoms with Crippen LogP contribution >= 0.6 is 23.5 Å². The van der Waals surface area contributed by atoms with Gasteiger partial charge in [-0.1, -0.05) is 30.4 Å². The topological polar surface area (TPSA) is 47.6 Å². The number of rotatable bonds is 8. The Morgan fingerprint density at radius 1 is 1.27 bits per heavy atom. The van der Waals surface area contributed by atoms with Crippen molar-refractivity contribution >= 4 is 29.2 Å². The van der Waals surface area contributed by atoms with E-state index in [1.54, 1.807) is 0 Å². The summed E-state index contributed by atoms with van der Waals surface area (Å²) in [5.74, 6) is -0.499. The normalized spacial score (nSPS) is 15.7. The van der Waals surface area contributed by atoms with E-state index in [4.69, 9.17) is 9.05 Å². The second-order valence-electron chi connectivity index (χ2n) is 4.78. The molecule has 1 aromatic carbocycles. The third kappa shape index (κ3) is 4.11. The molecular weight excluding hydrogens is 365 g/mol. The lowest BCUT2D eigenvalue weighted by atomic mass is 10.2. The zero-order valence-electron chi connectivity index (χ0n) is 12.8. The van der Waals surface area contributed by atoms with Gasteiger partial charge in [-0.3, -0.25) is 4.57 Å². The van der Waals surface area contributed by atoms with Crippen LogP contribution in [0, 0.1) is 0 Å². The first kappa shape index (κ1) is 17.5. The minimum Gasteiger partial charge on any atom is -0.367 e. The van der Waals surface area contributed by atoms with Crippen molar-refractivity contribution in [3.63, 3.8) is 0 Å². The highest BCUT2D eigenvalue weighted by atomic mass is 79.9. The van der Waals surface area contributed by atoms with E-state index in [2.05, 4.69) is 21.2 Å². The van der Waals surface area contributed by atoms with Crippen LogP contribution in [0.4, 0.5) is 5.69 Å². The van der Waals surface area contributed by atoms with Crippen LogP contribution in [0.25, 0.3) is 0 Å². The van der Waals surface area contributed by atoms with E-state index in [1.807, 2.05) is 56.3 Å². The molecule has 0 saturated carbocycles. The van der Waals surface area contributed by atoms with E-state index in [0.29, 0.717) is 13.2 Å². The van der Waals surface area contributed by atoms with Gasteiger partial charge in [0.05, 0.1) is 13.2 Å². The van der Waals surface area contributed by atoms with Crippen molar-refractivity contribution < 1.29 is 13.6 Å². The Hall–Kier alpha value is -0.870. The molecule has 0 bridgehead atoms. The molecule has 1 unspecified atom stereocenters. The minimum absolute atomic E-state index is 0.339. The second-order valence-corrected chi connectivity index (χ2v) is 7.74. The number of hydrogen-bond acceptors (Lipinski definition) is 4. The number of halogens is 1. The zero-order valence-corrected chi connectivity index (χ0v) is 15.3. The average molecular weight is 386 g/mol. The minimum atomic E-state index is -3.30. The first-order valence-electron chi connectivity index (χ1n) is 7.36. The van der Waals surface area contributed by atoms with Crippen molar-refractivity contribution in [2.24, 2.45) is 0 Å². The van der Waals surface area contributed by atoms with Crippen LogP contribution in [-0.4, -0.2) is 19.0 Å². The lowest BCUT2D eigenvalue weighted by Gasteiger charge is -2.29. The Morgan fingerprint density at radius 2 is 1.95 bits per heavy atom. The molecule has 1 aliphatic carbocycles. The van der Waals surface area contributed by atoms with Gasteiger partial charge in [-0.2, -0.15) is 0 Å². The molecule has 0 spiro atoms. The molecule has 1 atom stereocenters. The Kier molecular flexibility index (Phi) is 6.45. The quantitative estimate of drug-likeness (QED) is 0.613. The summed E-state index contributed by atoms with van der Waals surface area (Å²) in [6.07, 6.45) is 6.71. The average Bonchev–Trinajstić information content (AvgIpc) is 3.00. The molecule has 6 heteroatoms. The predicted octanol–water partition coefficient (Wildman–Crippen LogP) is 5.34. The van der Waals surface area contributed by atoms with E-state index in [0.717, 1.165) is 22.2 Å². The van der Waals surface area contributed by atoms with Gasteiger partial charge in [-0.25, -0.2) is 0 Å². The zero-order chi connectivity index (χ0) is 16.0. The monoisotopic (exact) mass is 385 g/mol. The summed E-state index contributed by atoms with van der Waals surface area (Å²) >= 11 is 3.51. The number of benzene rings is 1. The first-order chi connectivity index (χ1) is 10.6. The molecule has 0 amide bonds. The maximum atomic E-state index is 13.2. The first-order valence-corrected chi connectivity index (χ1v) is 9.76. The highest BCUT2D eigenvalue weighted by Gasteiger charge is 2.38. The number of nitrogens with one attached hydrogen (secondary N) is 1. The van der Waals surface area contributed by atoms with E-state index in [-0.39, 0.29) is 0 Å². The fourth-order valence-corrected chi connectivity index (χ4v) is 4.70. The lowest BCUT2D eigenvalue weighted by Crippen LogP contribution is -2.24. The molecular formula is C16H21BrNO3P. The molecule has 22 heavy (non-hydrogen) atoms. The van der Waals surface area contributed by atoms with E-state index >= 15 is 0 Å². The van der Waals surface area contributed by atoms with E-state index in [9.17, 15) is 4.57 Å². The fourth-order valence-electron chi connectivity index (χ4n) is 2.31. The molecule has 0 aromatic heterocycles. The Morgan fingerprint density at radius 3 is 2.50 bits per heavy atom. The highest BCUT2D eigenvalue weighted by Crippen LogP contribution is 2.56. The molecule has 4 nitrogen and oxygen atoms in total. The van der Waals surface area contributed by atoms with Gasteiger partial charge in [0.15, 0.2) is 5.78 Å². The Bertz CT molecular complexity index is 605. The number of anilines is 1. The predicted molar refractivity (Wildman–Crippen MR) is 94.3 cm³/mol. The van der Waals surface area contributed by atoms with Gasteiger partial charge in [-0.15, -0.1) is 0 Å². The molecule has 0 fully saturated rings. The third-order valence-corrected chi connectivity index (χ3v) is 6.27. The van der Waals surface area contributed by atoms with Gasteiger partial charge in [0.25, 0.3) is 0 Å². The molecule has 1 aliphatic rings. The van der Waals surface area contributed by atoms with Gasteiger partial charge in [0.2, 0.25) is 0 Å². The summed E-state index contributed by atoms with van der Waals surface area (Å²) < 4.78 is 25.2. The number of allylic oxidation sites excluding steroid dienone is 3. The van der Waals surface area contributed by atoms with Crippen LogP contribution in [0.2, 0.25) is 0 Å². The van der Waals surface area contributed by atoms with Crippen LogP contribution in [-0.2, 0) is 13.6 Å². The third-order valence-electron chi connectivity index (χ3n) is 3.25. The summed E-state index contributed by atoms with van der Waals surface area (Å²) in [5, 5.41) is 3.33. The van der Waals surface area contributed by atoms with Crippen molar-refractivity contribution in [3.8, 4) is 0 Å². The molecule has 1 N–H and O–H groups in total. The largest absolute Gasteiger partial charge is 0.367 e. The maximum absolute atomic E-state index is 13.2. The van der Waals surface area contributed by atoms with Gasteiger partial charge in [-0.05, 0) is 53.9 Å². The molecule has 0 aliphatic heterocycles. The molecule has 0 saturated heterocycles. The van der Waals surface area contributed by atoms with Crippen LogP contribution in [0.5, 0.6) is 0 Å². The SMILES string of the molecule is CCOP(=O)(OCC)C(Nc1ccccc1Br)C1=CC=CC1. The van der Waals surface area contributed by atoms with Crippen molar-refractivity contribution in [1.29, 1.82) is 0 Å². The van der Waals surface area contributed by atoms with Gasteiger partial charge < -0.3 is 14.4 Å². The van der Waals surface area contributed by atoms with Crippen LogP contribution in [0.15, 0.2) is 52.5 Å². The van der Waals surface area contributed by atoms with Gasteiger partial charge >= 0.3 is 7.60 Å². The summed E-state index contributed by atoms with van der Waals surface area (Å²) in [7, 11) is -3.30. The van der Waals surface area contributed by atoms with Gasteiger partial charge in [0.1, 0.15) is 0 Å². The Labute approximate surface area is 140 Å². The van der Waals surface area contributed by atoms with Gasteiger partial charge in [0, 0.05) is 10.2 Å². The summed E-state index contributed by atoms with van der Waals surface area (Å²) in [6.45, 7) is 4.32. The maximum Gasteiger partial charge on any atom is 0.356 e. The fraction of sp³-hybridized carbons (Fsp3) is 0.375. The second kappa shape index (κ2) is 8.11. The molecule has 2 rings (SSSR count). The lowest BCUT2D eigenvalue weighted by molar-refractivity contribution is 0.216. The van der Waals surface area contributed by atoms with Crippen molar-refractivity contribution in [1.82, 2.24) is 0 Å². The molecule has 1 aromatic rings. The van der Waals surface area contributed by atoms with E-state index < -0.39 is 13.4 Å².